The Hall–Kier alpha value is -3.24. The first-order valence-electron chi connectivity index (χ1n) is 6.45. The second kappa shape index (κ2) is 7.35. The standard InChI is InChI=1S/C13H13F2N5O4/c1-22-8-4-6(2-3-7(8)24-11(14)15)10(21)23-5-9-18-12(16)20-13(17)19-9/h2-4,11H,5H2,1H3,(H4,16,17,18,19,20). The zero-order valence-corrected chi connectivity index (χ0v) is 12.4. The Morgan fingerprint density at radius 2 is 1.83 bits per heavy atom. The van der Waals surface area contributed by atoms with E-state index in [1.54, 1.807) is 0 Å². The summed E-state index contributed by atoms with van der Waals surface area (Å²) in [6.45, 7) is -3.32. The molecule has 0 amide bonds. The van der Waals surface area contributed by atoms with Crippen molar-refractivity contribution in [3.05, 3.63) is 29.6 Å². The fourth-order valence-corrected chi connectivity index (χ4v) is 1.72. The second-order valence-electron chi connectivity index (χ2n) is 4.29. The molecule has 1 aromatic heterocycles. The molecule has 2 rings (SSSR count). The summed E-state index contributed by atoms with van der Waals surface area (Å²) in [5, 5.41) is 0. The van der Waals surface area contributed by atoms with Gasteiger partial charge in [0.15, 0.2) is 23.9 Å². The summed E-state index contributed by atoms with van der Waals surface area (Å²) < 4.78 is 38.7. The number of hydrogen-bond donors (Lipinski definition) is 2. The molecule has 0 unspecified atom stereocenters. The molecule has 0 aliphatic carbocycles. The lowest BCUT2D eigenvalue weighted by molar-refractivity contribution is -0.0512. The summed E-state index contributed by atoms with van der Waals surface area (Å²) in [6, 6.07) is 3.62. The van der Waals surface area contributed by atoms with Crippen molar-refractivity contribution in [2.75, 3.05) is 18.6 Å². The number of rotatable bonds is 6. The number of halogens is 2. The van der Waals surface area contributed by atoms with Gasteiger partial charge in [0.25, 0.3) is 0 Å². The molecule has 0 aliphatic heterocycles. The number of anilines is 2. The second-order valence-corrected chi connectivity index (χ2v) is 4.29. The molecule has 0 fully saturated rings. The highest BCUT2D eigenvalue weighted by Crippen LogP contribution is 2.29. The Kier molecular flexibility index (Phi) is 5.24. The van der Waals surface area contributed by atoms with Crippen molar-refractivity contribution in [1.29, 1.82) is 0 Å². The van der Waals surface area contributed by atoms with Gasteiger partial charge in [0.2, 0.25) is 11.9 Å². The van der Waals surface area contributed by atoms with Crippen LogP contribution in [0.3, 0.4) is 0 Å². The summed E-state index contributed by atoms with van der Waals surface area (Å²) in [5.41, 5.74) is 10.9. The van der Waals surface area contributed by atoms with Crippen molar-refractivity contribution in [2.45, 2.75) is 13.2 Å². The number of carbonyl (C=O) groups is 1. The van der Waals surface area contributed by atoms with Crippen LogP contribution in [0.5, 0.6) is 11.5 Å². The lowest BCUT2D eigenvalue weighted by Crippen LogP contribution is -2.11. The first-order chi connectivity index (χ1) is 11.4. The van der Waals surface area contributed by atoms with E-state index in [1.165, 1.54) is 25.3 Å². The largest absolute Gasteiger partial charge is 0.493 e. The van der Waals surface area contributed by atoms with E-state index in [9.17, 15) is 13.6 Å². The van der Waals surface area contributed by atoms with Gasteiger partial charge in [-0.1, -0.05) is 0 Å². The van der Waals surface area contributed by atoms with Gasteiger partial charge in [0, 0.05) is 0 Å². The lowest BCUT2D eigenvalue weighted by atomic mass is 10.2. The maximum Gasteiger partial charge on any atom is 0.387 e. The van der Waals surface area contributed by atoms with E-state index in [4.69, 9.17) is 20.9 Å². The van der Waals surface area contributed by atoms with Gasteiger partial charge in [0.1, 0.15) is 0 Å². The summed E-state index contributed by atoms with van der Waals surface area (Å²) in [5.74, 6) is -1.15. The van der Waals surface area contributed by atoms with Gasteiger partial charge in [-0.05, 0) is 18.2 Å². The molecule has 1 heterocycles. The average molecular weight is 341 g/mol. The molecule has 0 saturated carbocycles. The predicted molar refractivity (Wildman–Crippen MR) is 77.4 cm³/mol. The minimum atomic E-state index is -3.02. The zero-order valence-electron chi connectivity index (χ0n) is 12.4. The number of benzene rings is 1. The van der Waals surface area contributed by atoms with Crippen molar-refractivity contribution < 1.29 is 27.8 Å². The Labute approximate surface area is 134 Å². The topological polar surface area (TPSA) is 135 Å². The highest BCUT2D eigenvalue weighted by Gasteiger charge is 2.15. The van der Waals surface area contributed by atoms with Crippen LogP contribution in [0.15, 0.2) is 18.2 Å². The van der Waals surface area contributed by atoms with Crippen LogP contribution < -0.4 is 20.9 Å². The molecule has 0 bridgehead atoms. The molecule has 1 aromatic carbocycles. The molecule has 0 aliphatic rings. The maximum atomic E-state index is 12.3. The zero-order chi connectivity index (χ0) is 17.7. The first kappa shape index (κ1) is 17.1. The van der Waals surface area contributed by atoms with Crippen molar-refractivity contribution in [2.24, 2.45) is 0 Å². The Bertz CT molecular complexity index is 724. The normalized spacial score (nSPS) is 10.5. The molecular weight excluding hydrogens is 328 g/mol. The molecule has 24 heavy (non-hydrogen) atoms. The molecule has 0 radical (unpaired) electrons. The monoisotopic (exact) mass is 341 g/mol. The van der Waals surface area contributed by atoms with Crippen molar-refractivity contribution in [1.82, 2.24) is 15.0 Å². The van der Waals surface area contributed by atoms with Gasteiger partial charge >= 0.3 is 12.6 Å². The number of ether oxygens (including phenoxy) is 3. The number of methoxy groups -OCH3 is 1. The first-order valence-corrected chi connectivity index (χ1v) is 6.45. The minimum absolute atomic E-state index is 0.0431. The number of hydrogen-bond acceptors (Lipinski definition) is 9. The minimum Gasteiger partial charge on any atom is -0.493 e. The third-order valence-electron chi connectivity index (χ3n) is 2.66. The number of aromatic nitrogens is 3. The molecule has 0 spiro atoms. The maximum absolute atomic E-state index is 12.3. The number of carbonyl (C=O) groups excluding carboxylic acids is 1. The van der Waals surface area contributed by atoms with Crippen molar-refractivity contribution in [3.63, 3.8) is 0 Å². The van der Waals surface area contributed by atoms with E-state index in [1.807, 2.05) is 0 Å². The van der Waals surface area contributed by atoms with Crippen LogP contribution in [-0.2, 0) is 11.3 Å². The number of nitrogen functional groups attached to an aromatic ring is 2. The van der Waals surface area contributed by atoms with Gasteiger partial charge in [0.05, 0.1) is 12.7 Å². The molecule has 0 atom stereocenters. The van der Waals surface area contributed by atoms with Crippen molar-refractivity contribution in [3.8, 4) is 11.5 Å². The number of nitrogens with zero attached hydrogens (tertiary/aromatic N) is 3. The highest BCUT2D eigenvalue weighted by atomic mass is 19.3. The molecule has 0 saturated heterocycles. The molecular formula is C13H13F2N5O4. The summed E-state index contributed by atoms with van der Waals surface area (Å²) in [7, 11) is 1.25. The van der Waals surface area contributed by atoms with Gasteiger partial charge in [-0.25, -0.2) is 4.79 Å². The Balaban J connectivity index is 2.09. The Morgan fingerprint density at radius 3 is 2.42 bits per heavy atom. The van der Waals surface area contributed by atoms with Crippen molar-refractivity contribution >= 4 is 17.9 Å². The fourth-order valence-electron chi connectivity index (χ4n) is 1.72. The van der Waals surface area contributed by atoms with E-state index in [0.717, 1.165) is 0 Å². The van der Waals surface area contributed by atoms with E-state index in [0.29, 0.717) is 0 Å². The molecule has 9 nitrogen and oxygen atoms in total. The predicted octanol–water partition coefficient (Wildman–Crippen LogP) is 1.00. The lowest BCUT2D eigenvalue weighted by Gasteiger charge is -2.11. The van der Waals surface area contributed by atoms with Gasteiger partial charge < -0.3 is 25.7 Å². The van der Waals surface area contributed by atoms with Crippen LogP contribution in [0.2, 0.25) is 0 Å². The van der Waals surface area contributed by atoms with E-state index in [2.05, 4.69) is 19.7 Å². The van der Waals surface area contributed by atoms with Crippen LogP contribution in [0.25, 0.3) is 0 Å². The molecule has 2 aromatic rings. The van der Waals surface area contributed by atoms with Crippen LogP contribution in [0.4, 0.5) is 20.7 Å². The van der Waals surface area contributed by atoms with Gasteiger partial charge in [-0.3, -0.25) is 0 Å². The highest BCUT2D eigenvalue weighted by molar-refractivity contribution is 5.90. The van der Waals surface area contributed by atoms with Gasteiger partial charge in [-0.15, -0.1) is 0 Å². The molecule has 128 valence electrons. The number of esters is 1. The van der Waals surface area contributed by atoms with E-state index >= 15 is 0 Å². The fraction of sp³-hybridized carbons (Fsp3) is 0.231. The van der Waals surface area contributed by atoms with E-state index in [-0.39, 0.29) is 41.4 Å². The summed E-state index contributed by atoms with van der Waals surface area (Å²) in [4.78, 5) is 23.1. The number of alkyl halides is 2. The van der Waals surface area contributed by atoms with Crippen LogP contribution in [0, 0.1) is 0 Å². The third kappa shape index (κ3) is 4.38. The summed E-state index contributed by atoms with van der Waals surface area (Å²) in [6.07, 6.45) is 0. The van der Waals surface area contributed by atoms with Crippen LogP contribution >= 0.6 is 0 Å². The van der Waals surface area contributed by atoms with Gasteiger partial charge in [-0.2, -0.15) is 23.7 Å². The molecule has 4 N–H and O–H groups in total. The number of nitrogens with two attached hydrogens (primary N) is 2. The summed E-state index contributed by atoms with van der Waals surface area (Å²) >= 11 is 0. The average Bonchev–Trinajstić information content (AvgIpc) is 2.51. The van der Waals surface area contributed by atoms with Crippen LogP contribution in [-0.4, -0.2) is 34.6 Å². The Morgan fingerprint density at radius 1 is 1.17 bits per heavy atom. The SMILES string of the molecule is COc1cc(C(=O)OCc2nc(N)nc(N)n2)ccc1OC(F)F. The molecule has 11 heteroatoms. The third-order valence-corrected chi connectivity index (χ3v) is 2.66. The van der Waals surface area contributed by atoms with Crippen LogP contribution in [0.1, 0.15) is 16.2 Å². The smallest absolute Gasteiger partial charge is 0.387 e. The quantitative estimate of drug-likeness (QED) is 0.737. The van der Waals surface area contributed by atoms with E-state index < -0.39 is 12.6 Å².